The van der Waals surface area contributed by atoms with E-state index in [0.29, 0.717) is 0 Å². The number of hydrogen-bond acceptors (Lipinski definition) is 1. The van der Waals surface area contributed by atoms with Crippen molar-refractivity contribution in [3.05, 3.63) is 83.5 Å². The lowest BCUT2D eigenvalue weighted by atomic mass is 9.98. The number of benzene rings is 2. The Morgan fingerprint density at radius 2 is 1.59 bits per heavy atom. The summed E-state index contributed by atoms with van der Waals surface area (Å²) in [7, 11) is 0. The molecule has 0 atom stereocenters. The number of aromatic nitrogens is 1. The highest BCUT2D eigenvalue weighted by Crippen LogP contribution is 2.30. The molecule has 1 aromatic heterocycles. The molecule has 1 aliphatic rings. The first kappa shape index (κ1) is 13.0. The van der Waals surface area contributed by atoms with E-state index in [-0.39, 0.29) is 0 Å². The van der Waals surface area contributed by atoms with Gasteiger partial charge in [0.25, 0.3) is 0 Å². The van der Waals surface area contributed by atoms with E-state index in [1.807, 2.05) is 12.1 Å². The molecular formula is C21H17N. The quantitative estimate of drug-likeness (QED) is 0.551. The van der Waals surface area contributed by atoms with Gasteiger partial charge in [-0.1, -0.05) is 60.7 Å². The van der Waals surface area contributed by atoms with Crippen LogP contribution < -0.4 is 0 Å². The molecule has 1 heteroatoms. The van der Waals surface area contributed by atoms with Crippen molar-refractivity contribution in [3.63, 3.8) is 0 Å². The van der Waals surface area contributed by atoms with Gasteiger partial charge in [-0.3, -0.25) is 0 Å². The lowest BCUT2D eigenvalue weighted by Crippen LogP contribution is -1.89. The molecule has 0 spiro atoms. The third-order valence-corrected chi connectivity index (χ3v) is 4.27. The summed E-state index contributed by atoms with van der Waals surface area (Å²) in [5, 5.41) is 2.43. The van der Waals surface area contributed by atoms with Gasteiger partial charge in [-0.15, -0.1) is 0 Å². The van der Waals surface area contributed by atoms with Crippen LogP contribution >= 0.6 is 0 Å². The van der Waals surface area contributed by atoms with E-state index in [2.05, 4.69) is 67.6 Å². The molecular weight excluding hydrogens is 266 g/mol. The minimum absolute atomic E-state index is 1.03. The van der Waals surface area contributed by atoms with Gasteiger partial charge in [0.15, 0.2) is 0 Å². The average molecular weight is 283 g/mol. The Morgan fingerprint density at radius 1 is 0.955 bits per heavy atom. The van der Waals surface area contributed by atoms with Crippen molar-refractivity contribution in [3.8, 4) is 0 Å². The van der Waals surface area contributed by atoms with Gasteiger partial charge in [0.2, 0.25) is 0 Å². The van der Waals surface area contributed by atoms with E-state index in [1.165, 1.54) is 27.5 Å². The maximum Gasteiger partial charge on any atom is 0.0715 e. The number of fused-ring (bicyclic) bond motifs is 2. The Labute approximate surface area is 130 Å². The van der Waals surface area contributed by atoms with E-state index >= 15 is 0 Å². The van der Waals surface area contributed by atoms with E-state index in [4.69, 9.17) is 4.98 Å². The van der Waals surface area contributed by atoms with Gasteiger partial charge >= 0.3 is 0 Å². The molecule has 0 bridgehead atoms. The monoisotopic (exact) mass is 283 g/mol. The fraction of sp³-hybridized carbons (Fsp3) is 0.0952. The predicted octanol–water partition coefficient (Wildman–Crippen LogP) is 5.68. The highest BCUT2D eigenvalue weighted by atomic mass is 14.7. The minimum atomic E-state index is 1.03. The molecule has 1 nitrogen and oxygen atoms in total. The van der Waals surface area contributed by atoms with Crippen LogP contribution in [0.1, 0.15) is 18.9 Å². The molecule has 0 saturated heterocycles. The van der Waals surface area contributed by atoms with Crippen molar-refractivity contribution < 1.29 is 0 Å². The van der Waals surface area contributed by atoms with Gasteiger partial charge in [-0.05, 0) is 42.2 Å². The first-order valence-electron chi connectivity index (χ1n) is 7.65. The molecule has 22 heavy (non-hydrogen) atoms. The van der Waals surface area contributed by atoms with Crippen LogP contribution in [-0.4, -0.2) is 4.98 Å². The van der Waals surface area contributed by atoms with Gasteiger partial charge in [0.1, 0.15) is 0 Å². The summed E-state index contributed by atoms with van der Waals surface area (Å²) in [5.41, 5.74) is 6.10. The summed E-state index contributed by atoms with van der Waals surface area (Å²) < 4.78 is 0. The van der Waals surface area contributed by atoms with Gasteiger partial charge < -0.3 is 0 Å². The number of allylic oxidation sites excluding steroid dienone is 5. The molecule has 1 heterocycles. The molecule has 0 aliphatic heterocycles. The molecule has 2 aromatic carbocycles. The summed E-state index contributed by atoms with van der Waals surface area (Å²) in [5.74, 6) is 0. The molecule has 106 valence electrons. The van der Waals surface area contributed by atoms with Crippen LogP contribution in [0.4, 0.5) is 0 Å². The van der Waals surface area contributed by atoms with Crippen LogP contribution in [0, 0.1) is 0 Å². The second-order valence-electron chi connectivity index (χ2n) is 5.71. The van der Waals surface area contributed by atoms with Gasteiger partial charge in [0.05, 0.1) is 11.0 Å². The number of pyridine rings is 1. The molecule has 0 N–H and O–H groups in total. The summed E-state index contributed by atoms with van der Waals surface area (Å²) in [6.45, 7) is 2.20. The molecule has 1 aliphatic carbocycles. The van der Waals surface area contributed by atoms with E-state index in [9.17, 15) is 0 Å². The summed E-state index contributed by atoms with van der Waals surface area (Å²) >= 11 is 0. The van der Waals surface area contributed by atoms with Gasteiger partial charge in [-0.25, -0.2) is 4.98 Å². The second kappa shape index (κ2) is 5.27. The van der Waals surface area contributed by atoms with Crippen LogP contribution in [0.15, 0.2) is 77.9 Å². The number of rotatable bonds is 2. The van der Waals surface area contributed by atoms with Crippen LogP contribution in [0.3, 0.4) is 0 Å². The van der Waals surface area contributed by atoms with Crippen LogP contribution in [0.2, 0.25) is 0 Å². The van der Waals surface area contributed by atoms with Crippen LogP contribution in [0.25, 0.3) is 27.9 Å². The Balaban J connectivity index is 2.02. The molecule has 0 fully saturated rings. The third-order valence-electron chi connectivity index (χ3n) is 4.27. The van der Waals surface area contributed by atoms with Gasteiger partial charge in [0, 0.05) is 10.8 Å². The second-order valence-corrected chi connectivity index (χ2v) is 5.71. The molecule has 0 unspecified atom stereocenters. The van der Waals surface area contributed by atoms with E-state index < -0.39 is 0 Å². The predicted molar refractivity (Wildman–Crippen MR) is 94.7 cm³/mol. The summed E-state index contributed by atoms with van der Waals surface area (Å²) in [4.78, 5) is 4.79. The molecule has 4 rings (SSSR count). The van der Waals surface area contributed by atoms with Crippen LogP contribution in [-0.2, 0) is 0 Å². The highest BCUT2D eigenvalue weighted by Gasteiger charge is 2.08. The smallest absolute Gasteiger partial charge is 0.0715 e. The first-order valence-corrected chi connectivity index (χ1v) is 7.65. The van der Waals surface area contributed by atoms with E-state index in [0.717, 1.165) is 17.5 Å². The molecule has 0 radical (unpaired) electrons. The van der Waals surface area contributed by atoms with Crippen molar-refractivity contribution >= 4 is 27.9 Å². The largest absolute Gasteiger partial charge is 0.248 e. The molecule has 3 aromatic rings. The van der Waals surface area contributed by atoms with Crippen LogP contribution in [0.5, 0.6) is 0 Å². The normalized spacial score (nSPS) is 14.8. The van der Waals surface area contributed by atoms with Crippen molar-refractivity contribution in [2.24, 2.45) is 0 Å². The average Bonchev–Trinajstić information content (AvgIpc) is 3.09. The Kier molecular flexibility index (Phi) is 3.12. The fourth-order valence-corrected chi connectivity index (χ4v) is 3.08. The lowest BCUT2D eigenvalue weighted by molar-refractivity contribution is 1.25. The Hall–Kier alpha value is -2.67. The van der Waals surface area contributed by atoms with Gasteiger partial charge in [-0.2, -0.15) is 0 Å². The molecule has 0 saturated carbocycles. The lowest BCUT2D eigenvalue weighted by Gasteiger charge is -2.09. The Bertz CT molecular complexity index is 904. The Morgan fingerprint density at radius 3 is 2.18 bits per heavy atom. The topological polar surface area (TPSA) is 12.9 Å². The number of nitrogens with zero attached hydrogens (tertiary/aromatic N) is 1. The minimum Gasteiger partial charge on any atom is -0.248 e. The zero-order valence-corrected chi connectivity index (χ0v) is 12.6. The van der Waals surface area contributed by atoms with Crippen molar-refractivity contribution in [2.45, 2.75) is 13.3 Å². The summed E-state index contributed by atoms with van der Waals surface area (Å²) in [6, 6.07) is 16.8. The van der Waals surface area contributed by atoms with Crippen molar-refractivity contribution in [2.75, 3.05) is 0 Å². The van der Waals surface area contributed by atoms with Crippen molar-refractivity contribution in [1.29, 1.82) is 0 Å². The SMILES string of the molecule is C/C(=C\c1c2ccccc2nc2ccccc12)C1=CC=CC1. The maximum absolute atomic E-state index is 4.79. The first-order chi connectivity index (χ1) is 10.8. The van der Waals surface area contributed by atoms with E-state index in [1.54, 1.807) is 0 Å². The number of para-hydroxylation sites is 2. The fourth-order valence-electron chi connectivity index (χ4n) is 3.08. The maximum atomic E-state index is 4.79. The highest BCUT2D eigenvalue weighted by molar-refractivity contribution is 6.03. The standard InChI is InChI=1S/C21H17N/c1-15(16-8-2-3-9-16)14-19-17-10-4-6-12-20(17)22-21-13-7-5-11-18(19)21/h2-8,10-14H,9H2,1H3/b15-14+. The summed E-state index contributed by atoms with van der Waals surface area (Å²) in [6.07, 6.45) is 9.89. The number of hydrogen-bond donors (Lipinski definition) is 0. The molecule has 0 amide bonds. The zero-order valence-electron chi connectivity index (χ0n) is 12.6. The van der Waals surface area contributed by atoms with Crippen molar-refractivity contribution in [1.82, 2.24) is 4.98 Å². The zero-order chi connectivity index (χ0) is 14.9. The third kappa shape index (κ3) is 2.15.